The van der Waals surface area contributed by atoms with Crippen LogP contribution in [0.25, 0.3) is 10.1 Å². The minimum Gasteiger partial charge on any atom is -0.314 e. The highest BCUT2D eigenvalue weighted by Crippen LogP contribution is 2.33. The van der Waals surface area contributed by atoms with E-state index in [2.05, 4.69) is 5.32 Å². The molecule has 2 aromatic rings. The van der Waals surface area contributed by atoms with E-state index in [1.807, 2.05) is 13.0 Å². The van der Waals surface area contributed by atoms with Crippen LogP contribution in [0.5, 0.6) is 0 Å². The van der Waals surface area contributed by atoms with Gasteiger partial charge < -0.3 is 5.32 Å². The zero-order valence-corrected chi connectivity index (χ0v) is 14.6. The maximum Gasteiger partial charge on any atom is 0.252 e. The smallest absolute Gasteiger partial charge is 0.252 e. The van der Waals surface area contributed by atoms with Gasteiger partial charge in [0.1, 0.15) is 4.21 Å². The molecule has 1 unspecified atom stereocenters. The number of halogens is 2. The van der Waals surface area contributed by atoms with Gasteiger partial charge in [-0.05, 0) is 36.6 Å². The second-order valence-electron chi connectivity index (χ2n) is 4.92. The largest absolute Gasteiger partial charge is 0.314 e. The van der Waals surface area contributed by atoms with Gasteiger partial charge in [-0.3, -0.25) is 0 Å². The number of benzene rings is 1. The summed E-state index contributed by atoms with van der Waals surface area (Å²) in [5.74, 6) is 0. The van der Waals surface area contributed by atoms with Crippen LogP contribution in [0.1, 0.15) is 6.92 Å². The Bertz CT molecular complexity index is 746. The fraction of sp³-hybridized carbons (Fsp3) is 0.385. The van der Waals surface area contributed by atoms with Crippen LogP contribution < -0.4 is 5.32 Å². The van der Waals surface area contributed by atoms with Crippen molar-refractivity contribution in [2.24, 2.45) is 0 Å². The lowest BCUT2D eigenvalue weighted by atomic mass is 10.3. The van der Waals surface area contributed by atoms with Crippen LogP contribution in [0, 0.1) is 0 Å². The summed E-state index contributed by atoms with van der Waals surface area (Å²) >= 11 is 7.25. The second-order valence-corrected chi connectivity index (χ2v) is 8.55. The van der Waals surface area contributed by atoms with Gasteiger partial charge in [-0.15, -0.1) is 23.7 Å². The number of nitrogens with zero attached hydrogens (tertiary/aromatic N) is 1. The summed E-state index contributed by atoms with van der Waals surface area (Å²) in [6, 6.07) is 7.14. The summed E-state index contributed by atoms with van der Waals surface area (Å²) < 4.78 is 28.4. The zero-order chi connectivity index (χ0) is 14.3. The van der Waals surface area contributed by atoms with Crippen LogP contribution in [-0.2, 0) is 10.0 Å². The summed E-state index contributed by atoms with van der Waals surface area (Å²) in [7, 11) is -3.42. The van der Waals surface area contributed by atoms with Gasteiger partial charge >= 0.3 is 0 Å². The highest BCUT2D eigenvalue weighted by molar-refractivity contribution is 7.91. The fourth-order valence-corrected chi connectivity index (χ4v) is 5.73. The normalized spacial score (nSPS) is 20.4. The Morgan fingerprint density at radius 1 is 1.38 bits per heavy atom. The molecule has 116 valence electrons. The average Bonchev–Trinajstić information content (AvgIpc) is 2.82. The van der Waals surface area contributed by atoms with Crippen LogP contribution >= 0.6 is 35.3 Å². The first-order valence-electron chi connectivity index (χ1n) is 6.40. The molecule has 1 atom stereocenters. The Morgan fingerprint density at radius 2 is 2.14 bits per heavy atom. The van der Waals surface area contributed by atoms with Crippen molar-refractivity contribution >= 4 is 55.5 Å². The molecule has 1 saturated heterocycles. The number of rotatable bonds is 2. The van der Waals surface area contributed by atoms with E-state index in [0.717, 1.165) is 10.1 Å². The van der Waals surface area contributed by atoms with E-state index in [1.165, 1.54) is 11.3 Å². The lowest BCUT2D eigenvalue weighted by molar-refractivity contribution is 0.284. The van der Waals surface area contributed by atoms with Crippen LogP contribution in [0.2, 0.25) is 5.02 Å². The van der Waals surface area contributed by atoms with Crippen LogP contribution in [0.3, 0.4) is 0 Å². The Kier molecular flexibility index (Phi) is 5.18. The van der Waals surface area contributed by atoms with E-state index in [4.69, 9.17) is 11.6 Å². The van der Waals surface area contributed by atoms with Gasteiger partial charge in [0.25, 0.3) is 10.0 Å². The molecule has 0 aliphatic carbocycles. The number of sulfonamides is 1. The van der Waals surface area contributed by atoms with Crippen molar-refractivity contribution in [2.45, 2.75) is 17.2 Å². The van der Waals surface area contributed by atoms with E-state index in [0.29, 0.717) is 28.9 Å². The van der Waals surface area contributed by atoms with Crippen molar-refractivity contribution in [3.05, 3.63) is 29.3 Å². The third kappa shape index (κ3) is 3.21. The number of piperazine rings is 1. The van der Waals surface area contributed by atoms with E-state index < -0.39 is 10.0 Å². The molecule has 1 fully saturated rings. The van der Waals surface area contributed by atoms with Gasteiger partial charge in [0.15, 0.2) is 0 Å². The fourth-order valence-electron chi connectivity index (χ4n) is 2.41. The molecule has 0 saturated carbocycles. The SMILES string of the molecule is CC1CNCCN1S(=O)(=O)c1cc2cc(Cl)ccc2s1.Cl. The summed E-state index contributed by atoms with van der Waals surface area (Å²) in [5, 5.41) is 4.70. The molecule has 0 spiro atoms. The van der Waals surface area contributed by atoms with Crippen molar-refractivity contribution in [3.63, 3.8) is 0 Å². The van der Waals surface area contributed by atoms with Gasteiger partial charge in [0.2, 0.25) is 0 Å². The molecular weight excluding hydrogens is 351 g/mol. The highest BCUT2D eigenvalue weighted by Gasteiger charge is 2.32. The molecule has 1 aromatic carbocycles. The van der Waals surface area contributed by atoms with Gasteiger partial charge in [0.05, 0.1) is 0 Å². The van der Waals surface area contributed by atoms with Crippen LogP contribution in [0.15, 0.2) is 28.5 Å². The second kappa shape index (κ2) is 6.40. The summed E-state index contributed by atoms with van der Waals surface area (Å²) in [5.41, 5.74) is 0. The Hall–Kier alpha value is -0.370. The molecule has 1 N–H and O–H groups in total. The van der Waals surface area contributed by atoms with Crippen molar-refractivity contribution < 1.29 is 8.42 Å². The molecule has 0 bridgehead atoms. The van der Waals surface area contributed by atoms with E-state index >= 15 is 0 Å². The quantitative estimate of drug-likeness (QED) is 0.888. The molecule has 8 heteroatoms. The van der Waals surface area contributed by atoms with Crippen LogP contribution in [0.4, 0.5) is 0 Å². The van der Waals surface area contributed by atoms with E-state index in [9.17, 15) is 8.42 Å². The first-order valence-corrected chi connectivity index (χ1v) is 9.03. The summed E-state index contributed by atoms with van der Waals surface area (Å²) in [4.78, 5) is 0. The zero-order valence-electron chi connectivity index (χ0n) is 11.4. The molecule has 2 heterocycles. The van der Waals surface area contributed by atoms with E-state index in [-0.39, 0.29) is 18.4 Å². The van der Waals surface area contributed by atoms with Crippen molar-refractivity contribution in [2.75, 3.05) is 19.6 Å². The third-order valence-corrected chi connectivity index (χ3v) is 7.27. The Labute approximate surface area is 139 Å². The molecule has 0 amide bonds. The van der Waals surface area contributed by atoms with E-state index in [1.54, 1.807) is 22.5 Å². The Morgan fingerprint density at radius 3 is 2.86 bits per heavy atom. The number of hydrogen-bond acceptors (Lipinski definition) is 4. The van der Waals surface area contributed by atoms with Gasteiger partial charge in [0, 0.05) is 35.4 Å². The molecule has 1 aliphatic heterocycles. The highest BCUT2D eigenvalue weighted by atomic mass is 35.5. The number of thiophene rings is 1. The van der Waals surface area contributed by atoms with Gasteiger partial charge in [-0.2, -0.15) is 4.31 Å². The maximum atomic E-state index is 12.7. The number of fused-ring (bicyclic) bond motifs is 1. The van der Waals surface area contributed by atoms with Gasteiger partial charge in [-0.25, -0.2) is 8.42 Å². The maximum absolute atomic E-state index is 12.7. The predicted molar refractivity (Wildman–Crippen MR) is 90.3 cm³/mol. The first-order chi connectivity index (χ1) is 9.48. The van der Waals surface area contributed by atoms with Crippen molar-refractivity contribution in [1.29, 1.82) is 0 Å². The van der Waals surface area contributed by atoms with Crippen LogP contribution in [-0.4, -0.2) is 38.4 Å². The molecule has 0 radical (unpaired) electrons. The molecule has 21 heavy (non-hydrogen) atoms. The lowest BCUT2D eigenvalue weighted by Crippen LogP contribution is -2.51. The molecule has 4 nitrogen and oxygen atoms in total. The Balaban J connectivity index is 0.00000161. The summed E-state index contributed by atoms with van der Waals surface area (Å²) in [6.45, 7) is 3.82. The molecular formula is C13H16Cl2N2O2S2. The minimum atomic E-state index is -3.42. The van der Waals surface area contributed by atoms with Crippen molar-refractivity contribution in [3.8, 4) is 0 Å². The topological polar surface area (TPSA) is 49.4 Å². The molecule has 3 rings (SSSR count). The molecule has 1 aliphatic rings. The average molecular weight is 367 g/mol. The monoisotopic (exact) mass is 366 g/mol. The predicted octanol–water partition coefficient (Wildman–Crippen LogP) is 2.96. The first kappa shape index (κ1) is 17.0. The third-order valence-electron chi connectivity index (χ3n) is 3.46. The minimum absolute atomic E-state index is 0. The summed E-state index contributed by atoms with van der Waals surface area (Å²) in [6.07, 6.45) is 0. The number of hydrogen-bond donors (Lipinski definition) is 1. The lowest BCUT2D eigenvalue weighted by Gasteiger charge is -2.32. The van der Waals surface area contributed by atoms with Crippen molar-refractivity contribution in [1.82, 2.24) is 9.62 Å². The van der Waals surface area contributed by atoms with Gasteiger partial charge in [-0.1, -0.05) is 11.6 Å². The standard InChI is InChI=1S/C13H15ClN2O2S2.ClH/c1-9-8-15-4-5-16(9)20(17,18)13-7-10-6-11(14)2-3-12(10)19-13;/h2-3,6-7,9,15H,4-5,8H2,1H3;1H. The molecule has 1 aromatic heterocycles. The number of nitrogens with one attached hydrogen (secondary N) is 1.